The maximum atomic E-state index is 12.3. The molecule has 0 saturated carbocycles. The Morgan fingerprint density at radius 2 is 1.18 bits per heavy atom. The van der Waals surface area contributed by atoms with E-state index in [4.69, 9.17) is 9.97 Å². The molecule has 4 nitrogen and oxygen atoms in total. The summed E-state index contributed by atoms with van der Waals surface area (Å²) in [6.07, 6.45) is 2.91. The van der Waals surface area contributed by atoms with Crippen LogP contribution in [0.15, 0.2) is 164 Å². The molecule has 1 N–H and O–H groups in total. The first-order valence-corrected chi connectivity index (χ1v) is 23.3. The van der Waals surface area contributed by atoms with Gasteiger partial charge in [-0.25, -0.2) is 4.98 Å². The number of rotatable bonds is 9. The zero-order valence-corrected chi connectivity index (χ0v) is 42.7. The molecule has 0 aliphatic heterocycles. The molecular formula is C62H60N3OPt-. The molecular weight excluding hydrogens is 998 g/mol. The van der Waals surface area contributed by atoms with Crippen LogP contribution in [0, 0.1) is 13.0 Å². The summed E-state index contributed by atoms with van der Waals surface area (Å²) in [4.78, 5) is 10.6. The molecule has 2 aromatic heterocycles. The molecule has 340 valence electrons. The molecule has 0 fully saturated rings. The summed E-state index contributed by atoms with van der Waals surface area (Å²) in [6, 6.07) is 60.0. The third-order valence-corrected chi connectivity index (χ3v) is 13.4. The molecule has 0 unspecified atom stereocenters. The van der Waals surface area contributed by atoms with E-state index >= 15 is 0 Å². The molecule has 2 heterocycles. The fraction of sp³-hybridized carbons (Fsp3) is 0.226. The fourth-order valence-electron chi connectivity index (χ4n) is 9.00. The van der Waals surface area contributed by atoms with Crippen molar-refractivity contribution < 1.29 is 26.2 Å². The van der Waals surface area contributed by atoms with Crippen LogP contribution >= 0.6 is 0 Å². The van der Waals surface area contributed by atoms with Crippen LogP contribution in [-0.2, 0) is 37.3 Å². The molecule has 0 atom stereocenters. The number of pyridine rings is 1. The zero-order valence-electron chi connectivity index (χ0n) is 40.4. The molecule has 0 radical (unpaired) electrons. The van der Waals surface area contributed by atoms with E-state index in [1.54, 1.807) is 0 Å². The van der Waals surface area contributed by atoms with Crippen LogP contribution < -0.4 is 0 Å². The van der Waals surface area contributed by atoms with Crippen molar-refractivity contribution in [3.8, 4) is 78.6 Å². The number of phenols is 1. The second kappa shape index (κ2) is 18.4. The summed E-state index contributed by atoms with van der Waals surface area (Å²) in [7, 11) is 0. The monoisotopic (exact) mass is 1060 g/mol. The normalized spacial score (nSPS) is 12.0. The van der Waals surface area contributed by atoms with Gasteiger partial charge in [-0.15, -0.1) is 29.3 Å². The van der Waals surface area contributed by atoms with Gasteiger partial charge in [0.2, 0.25) is 0 Å². The van der Waals surface area contributed by atoms with Crippen molar-refractivity contribution in [2.75, 3.05) is 0 Å². The van der Waals surface area contributed by atoms with Gasteiger partial charge >= 0.3 is 0 Å². The number of aromatic nitrogens is 3. The van der Waals surface area contributed by atoms with Crippen molar-refractivity contribution in [1.29, 1.82) is 0 Å². The predicted molar refractivity (Wildman–Crippen MR) is 277 cm³/mol. The number of para-hydroxylation sites is 1. The first-order chi connectivity index (χ1) is 31.5. The van der Waals surface area contributed by atoms with Crippen molar-refractivity contribution in [2.24, 2.45) is 0 Å². The van der Waals surface area contributed by atoms with Gasteiger partial charge in [-0.05, 0) is 98.9 Å². The quantitative estimate of drug-likeness (QED) is 0.147. The summed E-state index contributed by atoms with van der Waals surface area (Å²) in [5, 5.41) is 12.3. The Hall–Kier alpha value is -6.35. The summed E-state index contributed by atoms with van der Waals surface area (Å²) in [6.45, 7) is 22.2. The van der Waals surface area contributed by atoms with E-state index in [2.05, 4.69) is 232 Å². The van der Waals surface area contributed by atoms with Gasteiger partial charge in [0.15, 0.2) is 0 Å². The fourth-order valence-corrected chi connectivity index (χ4v) is 9.00. The molecule has 0 amide bonds. The van der Waals surface area contributed by atoms with Crippen molar-refractivity contribution in [2.45, 2.75) is 91.9 Å². The summed E-state index contributed by atoms with van der Waals surface area (Å²) in [5.41, 5.74) is 17.9. The van der Waals surface area contributed by atoms with Gasteiger partial charge in [-0.2, -0.15) is 0 Å². The van der Waals surface area contributed by atoms with E-state index < -0.39 is 0 Å². The van der Waals surface area contributed by atoms with Gasteiger partial charge in [0.25, 0.3) is 0 Å². The first-order valence-electron chi connectivity index (χ1n) is 23.3. The van der Waals surface area contributed by atoms with E-state index in [9.17, 15) is 5.11 Å². The zero-order chi connectivity index (χ0) is 46.5. The van der Waals surface area contributed by atoms with E-state index in [0.29, 0.717) is 11.4 Å². The molecule has 0 aliphatic rings. The van der Waals surface area contributed by atoms with E-state index in [0.717, 1.165) is 78.9 Å². The van der Waals surface area contributed by atoms with Crippen LogP contribution in [-0.4, -0.2) is 19.6 Å². The van der Waals surface area contributed by atoms with E-state index in [1.165, 1.54) is 22.3 Å². The standard InChI is InChI=1S/C62H60N3O.Pt/c1-11-62(9,10)48-29-30-55(51(39-48)44-21-16-13-17-22-44)65-56-24-18-23-50(57(56)64-59(65)52-33-40(2)34-53(58(52)66)61(6,7)8)46-35-47(37-49(36-46)60(3,4)5)54-38-45(31-32-63-54)43-27-25-42(26-28-43)41-19-14-12-15-20-41;/h12-34,36-39,66H,11H2,1-10H3;/q-1;. The molecule has 0 bridgehead atoms. The number of nitrogens with zero attached hydrogens (tertiary/aromatic N) is 3. The maximum absolute atomic E-state index is 12.3. The Balaban J connectivity index is 0.00000608. The number of phenolic OH excluding ortho intramolecular Hbond substituents is 1. The predicted octanol–water partition coefficient (Wildman–Crippen LogP) is 16.5. The topological polar surface area (TPSA) is 50.9 Å². The van der Waals surface area contributed by atoms with Gasteiger partial charge in [0.1, 0.15) is 11.6 Å². The van der Waals surface area contributed by atoms with Gasteiger partial charge < -0.3 is 5.11 Å². The average Bonchev–Trinajstić information content (AvgIpc) is 3.71. The van der Waals surface area contributed by atoms with E-state index in [-0.39, 0.29) is 43.1 Å². The third-order valence-electron chi connectivity index (χ3n) is 13.4. The Morgan fingerprint density at radius 1 is 0.552 bits per heavy atom. The number of aryl methyl sites for hydroxylation is 1. The second-order valence-corrected chi connectivity index (χ2v) is 20.6. The van der Waals surface area contributed by atoms with Crippen molar-refractivity contribution in [1.82, 2.24) is 14.5 Å². The third kappa shape index (κ3) is 9.34. The van der Waals surface area contributed by atoms with Crippen LogP contribution in [0.25, 0.3) is 83.9 Å². The van der Waals surface area contributed by atoms with Crippen LogP contribution in [0.1, 0.15) is 91.0 Å². The average molecular weight is 1060 g/mol. The number of fused-ring (bicyclic) bond motifs is 1. The van der Waals surface area contributed by atoms with Crippen molar-refractivity contribution in [3.63, 3.8) is 0 Å². The SMILES string of the molecule is CCC(C)(C)c1ccc(-n2c(-c3cc(C)cc(C(C)(C)C)c3O)nc3c(-c4[c-]c(-c5cc(-c6ccc(-c7ccccc7)cc6)ccn5)cc(C(C)(C)C)c4)cccc32)c(-c2ccccc2)c1.[Pt]. The molecule has 5 heteroatoms. The van der Waals surface area contributed by atoms with Gasteiger partial charge in [0.05, 0.1) is 22.3 Å². The molecule has 67 heavy (non-hydrogen) atoms. The number of aromatic hydroxyl groups is 1. The smallest absolute Gasteiger partial charge is 0.148 e. The Labute approximate surface area is 412 Å². The Morgan fingerprint density at radius 3 is 1.82 bits per heavy atom. The van der Waals surface area contributed by atoms with Gasteiger partial charge in [-0.1, -0.05) is 189 Å². The van der Waals surface area contributed by atoms with E-state index in [1.807, 2.05) is 12.3 Å². The molecule has 9 rings (SSSR count). The maximum Gasteiger partial charge on any atom is 0.148 e. The molecule has 7 aromatic carbocycles. The molecule has 0 aliphatic carbocycles. The Bertz CT molecular complexity index is 3220. The van der Waals surface area contributed by atoms with Crippen molar-refractivity contribution in [3.05, 3.63) is 192 Å². The van der Waals surface area contributed by atoms with Gasteiger partial charge in [-0.3, -0.25) is 9.55 Å². The minimum atomic E-state index is -0.300. The number of hydrogen-bond acceptors (Lipinski definition) is 3. The van der Waals surface area contributed by atoms with Crippen molar-refractivity contribution >= 4 is 11.0 Å². The summed E-state index contributed by atoms with van der Waals surface area (Å²) < 4.78 is 2.27. The number of hydrogen-bond donors (Lipinski definition) is 1. The summed E-state index contributed by atoms with van der Waals surface area (Å²) in [5.74, 6) is 0.934. The van der Waals surface area contributed by atoms with Crippen LogP contribution in [0.4, 0.5) is 0 Å². The first kappa shape index (κ1) is 47.2. The Kier molecular flexibility index (Phi) is 12.9. The molecule has 0 saturated heterocycles. The largest absolute Gasteiger partial charge is 0.507 e. The second-order valence-electron chi connectivity index (χ2n) is 20.6. The minimum absolute atomic E-state index is 0. The molecule has 0 spiro atoms. The summed E-state index contributed by atoms with van der Waals surface area (Å²) >= 11 is 0. The van der Waals surface area contributed by atoms with Crippen LogP contribution in [0.2, 0.25) is 0 Å². The minimum Gasteiger partial charge on any atom is -0.507 e. The van der Waals surface area contributed by atoms with Crippen LogP contribution in [0.5, 0.6) is 5.75 Å². The molecule has 9 aromatic rings. The number of benzene rings is 7. The van der Waals surface area contributed by atoms with Crippen LogP contribution in [0.3, 0.4) is 0 Å². The van der Waals surface area contributed by atoms with Gasteiger partial charge in [0, 0.05) is 44.1 Å². The number of imidazole rings is 1.